The lowest BCUT2D eigenvalue weighted by Gasteiger charge is -2.41. The monoisotopic (exact) mass is 536 g/mol. The molecule has 2 aliphatic carbocycles. The van der Waals surface area contributed by atoms with E-state index in [-0.39, 0.29) is 25.4 Å². The van der Waals surface area contributed by atoms with Crippen molar-refractivity contribution in [3.05, 3.63) is 54.1 Å². The number of carbonyl (C=O) groups excluding carboxylic acids is 1. The zero-order valence-corrected chi connectivity index (χ0v) is 23.8. The summed E-state index contributed by atoms with van der Waals surface area (Å²) < 4.78 is 6.10. The van der Waals surface area contributed by atoms with Crippen LogP contribution in [0.15, 0.2) is 53.5 Å². The first kappa shape index (κ1) is 28.3. The maximum atomic E-state index is 13.2. The summed E-state index contributed by atoms with van der Waals surface area (Å²) in [5.74, 6) is 3.02. The predicted molar refractivity (Wildman–Crippen MR) is 159 cm³/mol. The van der Waals surface area contributed by atoms with E-state index in [4.69, 9.17) is 15.5 Å². The van der Waals surface area contributed by atoms with Gasteiger partial charge in [0.25, 0.3) is 0 Å². The van der Waals surface area contributed by atoms with Crippen molar-refractivity contribution >= 4 is 31.0 Å². The Hall–Kier alpha value is -2.67. The van der Waals surface area contributed by atoms with Gasteiger partial charge in [-0.25, -0.2) is 4.99 Å². The van der Waals surface area contributed by atoms with Crippen LogP contribution in [0.25, 0.3) is 0 Å². The molecular formula is C31H44N4O2S. The number of aliphatic imine (C=N–C) groups is 1. The Morgan fingerprint density at radius 1 is 1.00 bits per heavy atom. The Morgan fingerprint density at radius 3 is 2.39 bits per heavy atom. The molecule has 1 heterocycles. The van der Waals surface area contributed by atoms with Gasteiger partial charge in [0.1, 0.15) is 11.5 Å². The third kappa shape index (κ3) is 6.85. The molecule has 6 nitrogen and oxygen atoms in total. The number of benzene rings is 2. The molecule has 2 N–H and O–H groups in total. The lowest BCUT2D eigenvalue weighted by molar-refractivity contribution is -0.133. The average Bonchev–Trinajstić information content (AvgIpc) is 2.94. The first-order valence-electron chi connectivity index (χ1n) is 14.3. The molecule has 1 amide bonds. The second kappa shape index (κ2) is 13.4. The standard InChI is InChI=1S/C31H42N4O2.H2S/c1-34(25-13-7-3-8-14-25)30(36)20-19-29(23-11-5-2-6-12-23)35-22-24-21-27(17-18-28(24)33-31(35)32)37-26-15-9-4-10-16-26;/h4,9-10,15-18,21,23,25,29H,2-3,5-8,11-14,19-20,22H2,1H3,(H2,32,33);1H2/t29-;/m0./s1. The van der Waals surface area contributed by atoms with Gasteiger partial charge in [0, 0.05) is 37.7 Å². The average molecular weight is 537 g/mol. The van der Waals surface area contributed by atoms with E-state index in [0.717, 1.165) is 42.0 Å². The van der Waals surface area contributed by atoms with E-state index in [0.29, 0.717) is 30.9 Å². The van der Waals surface area contributed by atoms with E-state index in [9.17, 15) is 4.79 Å². The molecule has 0 bridgehead atoms. The number of carbonyl (C=O) groups is 1. The van der Waals surface area contributed by atoms with Gasteiger partial charge in [-0.15, -0.1) is 0 Å². The minimum Gasteiger partial charge on any atom is -0.457 e. The van der Waals surface area contributed by atoms with E-state index >= 15 is 0 Å². The molecule has 2 aromatic carbocycles. The van der Waals surface area contributed by atoms with Gasteiger partial charge >= 0.3 is 0 Å². The molecule has 1 atom stereocenters. The summed E-state index contributed by atoms with van der Waals surface area (Å²) in [7, 11) is 2.01. The van der Waals surface area contributed by atoms with Crippen LogP contribution in [0.4, 0.5) is 5.69 Å². The SMILES string of the molecule is CN(C(=O)CC[C@@H](C1CCCCC1)N1Cc2cc(Oc3ccccc3)ccc2N=C1N)C1CCCCC1.S. The Morgan fingerprint density at radius 2 is 1.68 bits per heavy atom. The van der Waals surface area contributed by atoms with Crippen LogP contribution in [-0.4, -0.2) is 40.8 Å². The zero-order chi connectivity index (χ0) is 25.6. The van der Waals surface area contributed by atoms with E-state index in [2.05, 4.69) is 11.0 Å². The summed E-state index contributed by atoms with van der Waals surface area (Å²) in [5, 5.41) is 0. The molecule has 2 aromatic rings. The third-order valence-electron chi connectivity index (χ3n) is 8.66. The van der Waals surface area contributed by atoms with Crippen LogP contribution in [0.1, 0.15) is 82.6 Å². The number of hydrogen-bond acceptors (Lipinski definition) is 5. The highest BCUT2D eigenvalue weighted by molar-refractivity contribution is 7.59. The van der Waals surface area contributed by atoms with E-state index < -0.39 is 0 Å². The molecule has 38 heavy (non-hydrogen) atoms. The number of fused-ring (bicyclic) bond motifs is 1. The zero-order valence-electron chi connectivity index (χ0n) is 22.8. The van der Waals surface area contributed by atoms with Gasteiger partial charge in [-0.1, -0.05) is 56.7 Å². The molecule has 0 spiro atoms. The molecule has 7 heteroatoms. The molecule has 1 aliphatic heterocycles. The van der Waals surface area contributed by atoms with E-state index in [1.54, 1.807) is 0 Å². The van der Waals surface area contributed by atoms with Crippen molar-refractivity contribution in [3.8, 4) is 11.5 Å². The van der Waals surface area contributed by atoms with Crippen LogP contribution in [-0.2, 0) is 11.3 Å². The molecule has 0 unspecified atom stereocenters. The maximum Gasteiger partial charge on any atom is 0.222 e. The van der Waals surface area contributed by atoms with Crippen LogP contribution >= 0.6 is 13.5 Å². The van der Waals surface area contributed by atoms with Gasteiger partial charge in [-0.05, 0) is 68.4 Å². The molecule has 2 fully saturated rings. The van der Waals surface area contributed by atoms with Crippen LogP contribution in [0.5, 0.6) is 11.5 Å². The van der Waals surface area contributed by atoms with Gasteiger partial charge in [0.05, 0.1) is 5.69 Å². The minimum atomic E-state index is 0. The predicted octanol–water partition coefficient (Wildman–Crippen LogP) is 6.87. The normalized spacial score (nSPS) is 19.1. The number of nitrogens with two attached hydrogens (primary N) is 1. The van der Waals surface area contributed by atoms with Gasteiger partial charge in [-0.2, -0.15) is 13.5 Å². The Balaban J connectivity index is 0.00000336. The number of amides is 1. The fraction of sp³-hybridized carbons (Fsp3) is 0.548. The van der Waals surface area contributed by atoms with Crippen molar-refractivity contribution in [3.63, 3.8) is 0 Å². The van der Waals surface area contributed by atoms with Gasteiger partial charge in [0.15, 0.2) is 5.96 Å². The Kier molecular flexibility index (Phi) is 10.0. The summed E-state index contributed by atoms with van der Waals surface area (Å²) in [5.41, 5.74) is 8.62. The molecular weight excluding hydrogens is 492 g/mol. The van der Waals surface area contributed by atoms with Crippen molar-refractivity contribution in [1.29, 1.82) is 0 Å². The molecule has 0 radical (unpaired) electrons. The fourth-order valence-corrected chi connectivity index (χ4v) is 6.51. The topological polar surface area (TPSA) is 71.2 Å². The lowest BCUT2D eigenvalue weighted by atomic mass is 9.81. The third-order valence-corrected chi connectivity index (χ3v) is 8.66. The molecule has 0 saturated heterocycles. The number of para-hydroxylation sites is 1. The van der Waals surface area contributed by atoms with Gasteiger partial charge in [-0.3, -0.25) is 4.79 Å². The van der Waals surface area contributed by atoms with Crippen molar-refractivity contribution in [2.24, 2.45) is 16.6 Å². The summed E-state index contributed by atoms with van der Waals surface area (Å²) in [4.78, 5) is 22.3. The Labute approximate surface area is 235 Å². The van der Waals surface area contributed by atoms with Crippen molar-refractivity contribution < 1.29 is 9.53 Å². The minimum absolute atomic E-state index is 0. The largest absolute Gasteiger partial charge is 0.457 e. The van der Waals surface area contributed by atoms with Gasteiger partial charge < -0.3 is 20.3 Å². The Bertz CT molecular complexity index is 1080. The molecule has 5 rings (SSSR count). The molecule has 3 aliphatic rings. The number of nitrogens with zero attached hydrogens (tertiary/aromatic N) is 3. The first-order chi connectivity index (χ1) is 18.1. The summed E-state index contributed by atoms with van der Waals surface area (Å²) >= 11 is 0. The second-order valence-corrected chi connectivity index (χ2v) is 11.1. The molecule has 206 valence electrons. The van der Waals surface area contributed by atoms with Crippen LogP contribution in [0.2, 0.25) is 0 Å². The highest BCUT2D eigenvalue weighted by atomic mass is 32.1. The van der Waals surface area contributed by atoms with Crippen molar-refractivity contribution in [1.82, 2.24) is 9.80 Å². The van der Waals surface area contributed by atoms with Crippen LogP contribution in [0, 0.1) is 5.92 Å². The number of rotatable bonds is 8. The summed E-state index contributed by atoms with van der Waals surface area (Å²) in [6, 6.07) is 16.5. The van der Waals surface area contributed by atoms with Crippen LogP contribution < -0.4 is 10.5 Å². The summed E-state index contributed by atoms with van der Waals surface area (Å²) in [6.07, 6.45) is 13.7. The quantitative estimate of drug-likeness (QED) is 0.399. The van der Waals surface area contributed by atoms with Crippen LogP contribution in [0.3, 0.4) is 0 Å². The first-order valence-corrected chi connectivity index (χ1v) is 14.3. The highest BCUT2D eigenvalue weighted by Gasteiger charge is 2.33. The van der Waals surface area contributed by atoms with E-state index in [1.165, 1.54) is 51.4 Å². The van der Waals surface area contributed by atoms with Crippen molar-refractivity contribution in [2.75, 3.05) is 7.05 Å². The second-order valence-electron chi connectivity index (χ2n) is 11.1. The molecule has 2 saturated carbocycles. The number of ether oxygens (including phenoxy) is 1. The van der Waals surface area contributed by atoms with Crippen molar-refractivity contribution in [2.45, 2.75) is 95.7 Å². The lowest BCUT2D eigenvalue weighted by Crippen LogP contribution is -2.49. The fourth-order valence-electron chi connectivity index (χ4n) is 6.51. The van der Waals surface area contributed by atoms with E-state index in [1.807, 2.05) is 54.4 Å². The highest BCUT2D eigenvalue weighted by Crippen LogP contribution is 2.37. The number of hydrogen-bond donors (Lipinski definition) is 1. The maximum absolute atomic E-state index is 13.2. The molecule has 0 aromatic heterocycles. The van der Waals surface area contributed by atoms with Gasteiger partial charge in [0.2, 0.25) is 5.91 Å². The smallest absolute Gasteiger partial charge is 0.222 e. The summed E-state index contributed by atoms with van der Waals surface area (Å²) in [6.45, 7) is 0.699. The number of guanidine groups is 1.